The molecule has 0 N–H and O–H groups in total. The van der Waals surface area contributed by atoms with Gasteiger partial charge in [-0.2, -0.15) is 0 Å². The Morgan fingerprint density at radius 1 is 1.06 bits per heavy atom. The van der Waals surface area contributed by atoms with Crippen molar-refractivity contribution in [2.75, 3.05) is 58.3 Å². The molecule has 0 radical (unpaired) electrons. The lowest BCUT2D eigenvalue weighted by Crippen LogP contribution is -2.48. The summed E-state index contributed by atoms with van der Waals surface area (Å²) in [7, 11) is 4.25. The van der Waals surface area contributed by atoms with Gasteiger partial charge in [-0.1, -0.05) is 20.8 Å². The van der Waals surface area contributed by atoms with Gasteiger partial charge in [-0.05, 0) is 57.6 Å². The van der Waals surface area contributed by atoms with Gasteiger partial charge in [-0.15, -0.1) is 0 Å². The van der Waals surface area contributed by atoms with Crippen LogP contribution in [-0.2, 0) is 5.41 Å². The highest BCUT2D eigenvalue weighted by molar-refractivity contribution is 5.64. The smallest absolute Gasteiger partial charge is 0.225 e. The first-order chi connectivity index (χ1) is 14.6. The van der Waals surface area contributed by atoms with Crippen LogP contribution in [0.3, 0.4) is 0 Å². The monoisotopic (exact) mass is 425 g/mol. The van der Waals surface area contributed by atoms with Crippen LogP contribution in [-0.4, -0.2) is 79.2 Å². The van der Waals surface area contributed by atoms with Gasteiger partial charge in [0.05, 0.1) is 11.8 Å². The van der Waals surface area contributed by atoms with Crippen molar-refractivity contribution in [2.24, 2.45) is 0 Å². The minimum Gasteiger partial charge on any atom is -0.491 e. The Morgan fingerprint density at radius 2 is 1.77 bits per heavy atom. The maximum absolute atomic E-state index is 6.08. The Kier molecular flexibility index (Phi) is 7.55. The number of hydrogen-bond donors (Lipinski definition) is 0. The zero-order valence-electron chi connectivity index (χ0n) is 20.4. The van der Waals surface area contributed by atoms with E-state index in [1.54, 1.807) is 0 Å². The number of ether oxygens (including phenoxy) is 1. The number of benzene rings is 1. The van der Waals surface area contributed by atoms with Gasteiger partial charge < -0.3 is 14.5 Å². The third-order valence-electron chi connectivity index (χ3n) is 5.61. The van der Waals surface area contributed by atoms with Gasteiger partial charge in [0.25, 0.3) is 0 Å². The van der Waals surface area contributed by atoms with Crippen molar-refractivity contribution < 1.29 is 4.74 Å². The Hall–Kier alpha value is -2.18. The van der Waals surface area contributed by atoms with Crippen LogP contribution >= 0.6 is 0 Å². The van der Waals surface area contributed by atoms with E-state index in [0.717, 1.165) is 62.2 Å². The third kappa shape index (κ3) is 6.40. The first-order valence-corrected chi connectivity index (χ1v) is 11.4. The topological polar surface area (TPSA) is 44.7 Å². The zero-order valence-corrected chi connectivity index (χ0v) is 20.4. The lowest BCUT2D eigenvalue weighted by Gasteiger charge is -2.35. The molecule has 0 bridgehead atoms. The maximum atomic E-state index is 6.08. The Labute approximate surface area is 188 Å². The summed E-state index contributed by atoms with van der Waals surface area (Å²) in [5.41, 5.74) is 3.25. The van der Waals surface area contributed by atoms with Crippen molar-refractivity contribution in [2.45, 2.75) is 46.1 Å². The molecule has 0 aliphatic carbocycles. The molecule has 6 heteroatoms. The van der Waals surface area contributed by atoms with E-state index in [2.05, 4.69) is 86.6 Å². The van der Waals surface area contributed by atoms with Crippen LogP contribution in [0.4, 0.5) is 5.95 Å². The molecule has 0 spiro atoms. The summed E-state index contributed by atoms with van der Waals surface area (Å²) in [5, 5.41) is 0. The molecule has 3 rings (SSSR count). The Bertz CT molecular complexity index is 851. The fraction of sp³-hybridized carbons (Fsp3) is 0.600. The van der Waals surface area contributed by atoms with E-state index in [1.807, 2.05) is 12.3 Å². The van der Waals surface area contributed by atoms with Gasteiger partial charge in [-0.3, -0.25) is 4.90 Å². The quantitative estimate of drug-likeness (QED) is 0.670. The summed E-state index contributed by atoms with van der Waals surface area (Å²) < 4.78 is 6.08. The molecule has 1 aromatic heterocycles. The van der Waals surface area contributed by atoms with Crippen molar-refractivity contribution in [3.63, 3.8) is 0 Å². The van der Waals surface area contributed by atoms with Crippen LogP contribution in [0, 0.1) is 0 Å². The molecular weight excluding hydrogens is 386 g/mol. The number of anilines is 1. The third-order valence-corrected chi connectivity index (χ3v) is 5.61. The fourth-order valence-corrected chi connectivity index (χ4v) is 3.81. The van der Waals surface area contributed by atoms with Crippen molar-refractivity contribution in [1.82, 2.24) is 19.8 Å². The predicted octanol–water partition coefficient (Wildman–Crippen LogP) is 3.91. The van der Waals surface area contributed by atoms with E-state index >= 15 is 0 Å². The predicted molar refractivity (Wildman–Crippen MR) is 129 cm³/mol. The number of piperazine rings is 1. The molecule has 0 amide bonds. The molecule has 0 unspecified atom stereocenters. The van der Waals surface area contributed by atoms with Crippen LogP contribution in [0.15, 0.2) is 30.5 Å². The second kappa shape index (κ2) is 9.96. The van der Waals surface area contributed by atoms with Crippen LogP contribution < -0.4 is 9.64 Å². The highest BCUT2D eigenvalue weighted by Gasteiger charge is 2.22. The van der Waals surface area contributed by atoms with Crippen molar-refractivity contribution >= 4 is 5.95 Å². The molecular formula is C25H39N5O. The van der Waals surface area contributed by atoms with E-state index in [0.29, 0.717) is 0 Å². The standard InChI is InChI=1S/C25H39N5O/c1-19(2)31-23-9-8-20(18-21(23)25(3,4)5)22-10-11-26-24(27-22)30-16-14-29(15-17-30)13-12-28(6)7/h8-11,18-19H,12-17H2,1-7H3. The maximum Gasteiger partial charge on any atom is 0.225 e. The average molecular weight is 426 g/mol. The van der Waals surface area contributed by atoms with Crippen molar-refractivity contribution in [1.29, 1.82) is 0 Å². The van der Waals surface area contributed by atoms with Gasteiger partial charge in [0.1, 0.15) is 5.75 Å². The highest BCUT2D eigenvalue weighted by atomic mass is 16.5. The van der Waals surface area contributed by atoms with E-state index in [1.165, 1.54) is 5.56 Å². The lowest BCUT2D eigenvalue weighted by molar-refractivity contribution is 0.229. The number of rotatable bonds is 7. The van der Waals surface area contributed by atoms with E-state index in [4.69, 9.17) is 9.72 Å². The first-order valence-electron chi connectivity index (χ1n) is 11.4. The molecule has 1 fully saturated rings. The molecule has 1 aliphatic rings. The van der Waals surface area contributed by atoms with Crippen LogP contribution in [0.2, 0.25) is 0 Å². The molecule has 2 heterocycles. The highest BCUT2D eigenvalue weighted by Crippen LogP contribution is 2.35. The van der Waals surface area contributed by atoms with Gasteiger partial charge in [0.2, 0.25) is 5.95 Å². The minimum atomic E-state index is -0.0149. The van der Waals surface area contributed by atoms with E-state index in [-0.39, 0.29) is 11.5 Å². The number of hydrogen-bond acceptors (Lipinski definition) is 6. The summed E-state index contributed by atoms with van der Waals surface area (Å²) in [6, 6.07) is 8.42. The fourth-order valence-electron chi connectivity index (χ4n) is 3.81. The second-order valence-electron chi connectivity index (χ2n) is 10.0. The van der Waals surface area contributed by atoms with Crippen LogP contribution in [0.25, 0.3) is 11.3 Å². The Morgan fingerprint density at radius 3 is 2.39 bits per heavy atom. The zero-order chi connectivity index (χ0) is 22.6. The minimum absolute atomic E-state index is 0.0149. The van der Waals surface area contributed by atoms with Crippen molar-refractivity contribution in [3.05, 3.63) is 36.0 Å². The van der Waals surface area contributed by atoms with Crippen molar-refractivity contribution in [3.8, 4) is 17.0 Å². The second-order valence-corrected chi connectivity index (χ2v) is 10.0. The molecule has 1 aromatic carbocycles. The molecule has 0 saturated carbocycles. The van der Waals surface area contributed by atoms with Crippen LogP contribution in [0.1, 0.15) is 40.2 Å². The van der Waals surface area contributed by atoms with Crippen LogP contribution in [0.5, 0.6) is 5.75 Å². The molecule has 6 nitrogen and oxygen atoms in total. The van der Waals surface area contributed by atoms with Gasteiger partial charge in [0, 0.05) is 56.6 Å². The summed E-state index contributed by atoms with van der Waals surface area (Å²) in [5.74, 6) is 1.78. The number of aromatic nitrogens is 2. The number of nitrogens with zero attached hydrogens (tertiary/aromatic N) is 5. The summed E-state index contributed by atoms with van der Waals surface area (Å²) in [6.45, 7) is 17.0. The summed E-state index contributed by atoms with van der Waals surface area (Å²) in [6.07, 6.45) is 2.03. The van der Waals surface area contributed by atoms with Gasteiger partial charge in [0.15, 0.2) is 0 Å². The van der Waals surface area contributed by atoms with E-state index < -0.39 is 0 Å². The largest absolute Gasteiger partial charge is 0.491 e. The molecule has 1 saturated heterocycles. The lowest BCUT2D eigenvalue weighted by atomic mass is 9.85. The molecule has 170 valence electrons. The Balaban J connectivity index is 1.77. The first kappa shape index (κ1) is 23.5. The van der Waals surface area contributed by atoms with E-state index in [9.17, 15) is 0 Å². The average Bonchev–Trinajstić information content (AvgIpc) is 2.72. The summed E-state index contributed by atoms with van der Waals surface area (Å²) in [4.78, 5) is 16.6. The van der Waals surface area contributed by atoms with Gasteiger partial charge in [-0.25, -0.2) is 9.97 Å². The molecule has 2 aromatic rings. The summed E-state index contributed by atoms with van der Waals surface area (Å²) >= 11 is 0. The molecule has 31 heavy (non-hydrogen) atoms. The molecule has 1 aliphatic heterocycles. The molecule has 0 atom stereocenters. The normalized spacial score (nSPS) is 15.7. The number of likely N-dealkylation sites (N-methyl/N-ethyl adjacent to an activating group) is 1. The SMILES string of the molecule is CC(C)Oc1ccc(-c2ccnc(N3CCN(CCN(C)C)CC3)n2)cc1C(C)(C)C. The van der Waals surface area contributed by atoms with Gasteiger partial charge >= 0.3 is 0 Å².